The van der Waals surface area contributed by atoms with Gasteiger partial charge in [0, 0.05) is 44.0 Å². The third kappa shape index (κ3) is 4.40. The molecule has 0 bridgehead atoms. The quantitative estimate of drug-likeness (QED) is 0.674. The van der Waals surface area contributed by atoms with E-state index in [2.05, 4.69) is 30.2 Å². The Kier molecular flexibility index (Phi) is 6.93. The van der Waals surface area contributed by atoms with E-state index >= 15 is 0 Å². The highest BCUT2D eigenvalue weighted by atomic mass is 16.5. The van der Waals surface area contributed by atoms with Gasteiger partial charge in [-0.05, 0) is 20.4 Å². The summed E-state index contributed by atoms with van der Waals surface area (Å²) in [6.07, 6.45) is 5.11. The van der Waals surface area contributed by atoms with E-state index in [1.54, 1.807) is 0 Å². The molecule has 1 rings (SSSR count). The molecule has 1 heterocycles. The fraction of sp³-hybridized carbons (Fsp3) is 0.769. The molecule has 18 heavy (non-hydrogen) atoms. The lowest BCUT2D eigenvalue weighted by Gasteiger charge is -2.25. The molecule has 0 aliphatic rings. The Morgan fingerprint density at radius 2 is 2.28 bits per heavy atom. The predicted molar refractivity (Wildman–Crippen MR) is 73.4 cm³/mol. The highest BCUT2D eigenvalue weighted by Gasteiger charge is 2.16. The van der Waals surface area contributed by atoms with Gasteiger partial charge in [0.2, 0.25) is 0 Å². The Labute approximate surface area is 110 Å². The maximum Gasteiger partial charge on any atom is 0.0593 e. The summed E-state index contributed by atoms with van der Waals surface area (Å²) in [5.41, 5.74) is 7.06. The summed E-state index contributed by atoms with van der Waals surface area (Å²) in [5.74, 6) is 0. The first-order chi connectivity index (χ1) is 8.72. The molecule has 1 atom stereocenters. The first kappa shape index (κ1) is 15.1. The SMILES string of the molecule is CCCn1cc(C(CN)N(C)CCOCC)cn1. The van der Waals surface area contributed by atoms with Gasteiger partial charge in [-0.15, -0.1) is 0 Å². The third-order valence-corrected chi connectivity index (χ3v) is 3.04. The van der Waals surface area contributed by atoms with E-state index in [0.717, 1.165) is 32.7 Å². The monoisotopic (exact) mass is 254 g/mol. The van der Waals surface area contributed by atoms with Crippen molar-refractivity contribution in [2.24, 2.45) is 5.73 Å². The van der Waals surface area contributed by atoms with Gasteiger partial charge in [-0.3, -0.25) is 9.58 Å². The molecule has 2 N–H and O–H groups in total. The fourth-order valence-electron chi connectivity index (χ4n) is 1.98. The zero-order valence-electron chi connectivity index (χ0n) is 11.8. The van der Waals surface area contributed by atoms with Gasteiger partial charge in [-0.1, -0.05) is 6.92 Å². The average Bonchev–Trinajstić information content (AvgIpc) is 2.79. The van der Waals surface area contributed by atoms with E-state index in [1.807, 2.05) is 17.8 Å². The summed E-state index contributed by atoms with van der Waals surface area (Å²) < 4.78 is 7.36. The van der Waals surface area contributed by atoms with Gasteiger partial charge in [0.05, 0.1) is 12.8 Å². The predicted octanol–water partition coefficient (Wildman–Crippen LogP) is 1.26. The first-order valence-corrected chi connectivity index (χ1v) is 6.73. The molecule has 0 amide bonds. The molecular weight excluding hydrogens is 228 g/mol. The van der Waals surface area contributed by atoms with Crippen LogP contribution in [0.2, 0.25) is 0 Å². The van der Waals surface area contributed by atoms with E-state index < -0.39 is 0 Å². The Morgan fingerprint density at radius 3 is 2.89 bits per heavy atom. The smallest absolute Gasteiger partial charge is 0.0593 e. The summed E-state index contributed by atoms with van der Waals surface area (Å²) in [5, 5.41) is 4.36. The number of hydrogen-bond acceptors (Lipinski definition) is 4. The third-order valence-electron chi connectivity index (χ3n) is 3.04. The molecule has 1 aromatic rings. The van der Waals surface area contributed by atoms with Crippen LogP contribution in [0.25, 0.3) is 0 Å². The molecule has 104 valence electrons. The number of nitrogens with zero attached hydrogens (tertiary/aromatic N) is 3. The van der Waals surface area contributed by atoms with Gasteiger partial charge in [0.1, 0.15) is 0 Å². The van der Waals surface area contributed by atoms with Crippen LogP contribution in [0.5, 0.6) is 0 Å². The van der Waals surface area contributed by atoms with E-state index in [0.29, 0.717) is 6.54 Å². The lowest BCUT2D eigenvalue weighted by molar-refractivity contribution is 0.108. The first-order valence-electron chi connectivity index (χ1n) is 6.73. The minimum Gasteiger partial charge on any atom is -0.380 e. The molecule has 1 unspecified atom stereocenters. The van der Waals surface area contributed by atoms with E-state index in [-0.39, 0.29) is 6.04 Å². The van der Waals surface area contributed by atoms with Gasteiger partial charge >= 0.3 is 0 Å². The Balaban J connectivity index is 2.57. The van der Waals surface area contributed by atoms with Crippen LogP contribution in [0.1, 0.15) is 31.9 Å². The van der Waals surface area contributed by atoms with Crippen molar-refractivity contribution < 1.29 is 4.74 Å². The molecule has 0 aromatic carbocycles. The normalized spacial score (nSPS) is 13.2. The minimum absolute atomic E-state index is 0.219. The van der Waals surface area contributed by atoms with Gasteiger partial charge in [0.15, 0.2) is 0 Å². The lowest BCUT2D eigenvalue weighted by atomic mass is 10.1. The summed E-state index contributed by atoms with van der Waals surface area (Å²) in [6, 6.07) is 0.219. The maximum absolute atomic E-state index is 5.87. The van der Waals surface area contributed by atoms with Crippen LogP contribution in [-0.2, 0) is 11.3 Å². The van der Waals surface area contributed by atoms with Crippen molar-refractivity contribution in [1.29, 1.82) is 0 Å². The van der Waals surface area contributed by atoms with Gasteiger partial charge in [0.25, 0.3) is 0 Å². The highest BCUT2D eigenvalue weighted by Crippen LogP contribution is 2.17. The molecule has 0 saturated heterocycles. The Hall–Kier alpha value is -0.910. The van der Waals surface area contributed by atoms with Crippen molar-refractivity contribution in [2.75, 3.05) is 33.4 Å². The number of rotatable bonds is 9. The molecule has 0 spiro atoms. The standard InChI is InChI=1S/C13H26N4O/c1-4-6-17-11-12(10-15-17)13(9-14)16(3)7-8-18-5-2/h10-11,13H,4-9,14H2,1-3H3. The van der Waals surface area contributed by atoms with Crippen molar-refractivity contribution in [3.63, 3.8) is 0 Å². The topological polar surface area (TPSA) is 56.3 Å². The van der Waals surface area contributed by atoms with E-state index in [1.165, 1.54) is 5.56 Å². The Morgan fingerprint density at radius 1 is 1.50 bits per heavy atom. The van der Waals surface area contributed by atoms with Gasteiger partial charge in [-0.25, -0.2) is 0 Å². The number of nitrogens with two attached hydrogens (primary N) is 1. The lowest BCUT2D eigenvalue weighted by Crippen LogP contribution is -2.32. The van der Waals surface area contributed by atoms with Gasteiger partial charge in [-0.2, -0.15) is 5.10 Å². The summed E-state index contributed by atoms with van der Waals surface area (Å²) in [6.45, 7) is 8.10. The summed E-state index contributed by atoms with van der Waals surface area (Å²) in [4.78, 5) is 2.23. The van der Waals surface area contributed by atoms with Crippen molar-refractivity contribution in [2.45, 2.75) is 32.9 Å². The second kappa shape index (κ2) is 8.24. The van der Waals surface area contributed by atoms with E-state index in [9.17, 15) is 0 Å². The largest absolute Gasteiger partial charge is 0.380 e. The maximum atomic E-state index is 5.87. The molecular formula is C13H26N4O. The second-order valence-electron chi connectivity index (χ2n) is 4.47. The molecule has 5 heteroatoms. The van der Waals surface area contributed by atoms with Crippen LogP contribution in [0, 0.1) is 0 Å². The zero-order chi connectivity index (χ0) is 13.4. The average molecular weight is 254 g/mol. The van der Waals surface area contributed by atoms with Crippen LogP contribution in [0.3, 0.4) is 0 Å². The van der Waals surface area contributed by atoms with Crippen LogP contribution < -0.4 is 5.73 Å². The number of aryl methyl sites for hydroxylation is 1. The van der Waals surface area contributed by atoms with Crippen LogP contribution in [0.4, 0.5) is 0 Å². The zero-order valence-corrected chi connectivity index (χ0v) is 11.8. The van der Waals surface area contributed by atoms with Crippen LogP contribution in [0.15, 0.2) is 12.4 Å². The molecule has 5 nitrogen and oxygen atoms in total. The number of likely N-dealkylation sites (N-methyl/N-ethyl adjacent to an activating group) is 1. The number of aromatic nitrogens is 2. The fourth-order valence-corrected chi connectivity index (χ4v) is 1.98. The highest BCUT2D eigenvalue weighted by molar-refractivity contribution is 5.11. The molecule has 0 aliphatic carbocycles. The molecule has 1 aromatic heterocycles. The Bertz CT molecular complexity index is 327. The molecule has 0 fully saturated rings. The van der Waals surface area contributed by atoms with Crippen molar-refractivity contribution in [1.82, 2.24) is 14.7 Å². The molecule has 0 saturated carbocycles. The second-order valence-corrected chi connectivity index (χ2v) is 4.47. The van der Waals surface area contributed by atoms with Gasteiger partial charge < -0.3 is 10.5 Å². The molecule has 0 aliphatic heterocycles. The van der Waals surface area contributed by atoms with Crippen LogP contribution in [-0.4, -0.2) is 48.0 Å². The summed E-state index contributed by atoms with van der Waals surface area (Å²) >= 11 is 0. The van der Waals surface area contributed by atoms with E-state index in [4.69, 9.17) is 10.5 Å². The minimum atomic E-state index is 0.219. The molecule has 0 radical (unpaired) electrons. The van der Waals surface area contributed by atoms with Crippen molar-refractivity contribution >= 4 is 0 Å². The van der Waals surface area contributed by atoms with Crippen LogP contribution >= 0.6 is 0 Å². The summed E-state index contributed by atoms with van der Waals surface area (Å²) in [7, 11) is 2.08. The van der Waals surface area contributed by atoms with Crippen molar-refractivity contribution in [3.8, 4) is 0 Å². The number of hydrogen-bond donors (Lipinski definition) is 1. The van der Waals surface area contributed by atoms with Crippen molar-refractivity contribution in [3.05, 3.63) is 18.0 Å². The number of ether oxygens (including phenoxy) is 1.